The van der Waals surface area contributed by atoms with E-state index in [0.29, 0.717) is 39.1 Å². The highest BCUT2D eigenvalue weighted by atomic mass is 79.9. The van der Waals surface area contributed by atoms with Crippen molar-refractivity contribution in [2.24, 2.45) is 11.3 Å². The number of rotatable bonds is 5. The number of amides is 2. The smallest absolute Gasteiger partial charge is 0.343 e. The predicted molar refractivity (Wildman–Crippen MR) is 151 cm³/mol. The number of piperazine rings is 1. The molecule has 2 aromatic rings. The Morgan fingerprint density at radius 1 is 1.00 bits per heavy atom. The normalized spacial score (nSPS) is 20.4. The molecule has 0 spiro atoms. The first kappa shape index (κ1) is 30.5. The first-order chi connectivity index (χ1) is 18.7. The lowest BCUT2D eigenvalue weighted by atomic mass is 9.82. The van der Waals surface area contributed by atoms with Crippen LogP contribution in [0.25, 0.3) is 0 Å². The van der Waals surface area contributed by atoms with Gasteiger partial charge < -0.3 is 9.80 Å². The number of aromatic nitrogens is 1. The summed E-state index contributed by atoms with van der Waals surface area (Å²) >= 11 is 3.42. The van der Waals surface area contributed by atoms with Crippen LogP contribution >= 0.6 is 15.9 Å². The molecular weight excluding hydrogens is 585 g/mol. The summed E-state index contributed by atoms with van der Waals surface area (Å²) in [6, 6.07) is 8.66. The predicted octanol–water partition coefficient (Wildman–Crippen LogP) is 6.16. The second kappa shape index (κ2) is 12.2. The van der Waals surface area contributed by atoms with Crippen molar-refractivity contribution in [2.45, 2.75) is 65.2 Å². The SMILES string of the molecule is CC(=O)N1CCC(CC(=O)N2CCN(C(c3ccc(C(F)(F)F)cc3)c3ccc(Br)cn3)C[C@@H]2C(C)(C)C)CC1. The molecule has 2 amide bonds. The fourth-order valence-electron chi connectivity index (χ4n) is 5.87. The maximum atomic E-state index is 13.6. The van der Waals surface area contributed by atoms with Crippen LogP contribution in [0.3, 0.4) is 0 Å². The first-order valence-electron chi connectivity index (χ1n) is 13.8. The first-order valence-corrected chi connectivity index (χ1v) is 14.6. The molecule has 1 unspecified atom stereocenters. The number of halogens is 4. The topological polar surface area (TPSA) is 56.8 Å². The molecule has 2 fully saturated rings. The van der Waals surface area contributed by atoms with E-state index in [9.17, 15) is 22.8 Å². The lowest BCUT2D eigenvalue weighted by molar-refractivity contribution is -0.141. The number of pyridine rings is 1. The van der Waals surface area contributed by atoms with Crippen LogP contribution < -0.4 is 0 Å². The van der Waals surface area contributed by atoms with E-state index in [2.05, 4.69) is 46.6 Å². The molecule has 2 saturated heterocycles. The highest BCUT2D eigenvalue weighted by Gasteiger charge is 2.41. The van der Waals surface area contributed by atoms with Crippen LogP contribution in [0.15, 0.2) is 47.1 Å². The van der Waals surface area contributed by atoms with E-state index >= 15 is 0 Å². The number of alkyl halides is 3. The molecule has 1 aromatic heterocycles. The Hall–Kier alpha value is -2.46. The summed E-state index contributed by atoms with van der Waals surface area (Å²) in [5.74, 6) is 0.471. The number of carbonyl (C=O) groups excluding carboxylic acids is 2. The largest absolute Gasteiger partial charge is 0.416 e. The van der Waals surface area contributed by atoms with Crippen LogP contribution in [0.4, 0.5) is 13.2 Å². The summed E-state index contributed by atoms with van der Waals surface area (Å²) in [5, 5.41) is 0. The third-order valence-corrected chi connectivity index (χ3v) is 8.67. The molecule has 218 valence electrons. The van der Waals surface area contributed by atoms with Gasteiger partial charge >= 0.3 is 6.18 Å². The number of hydrogen-bond donors (Lipinski definition) is 0. The van der Waals surface area contributed by atoms with Crippen molar-refractivity contribution < 1.29 is 22.8 Å². The number of piperidine rings is 1. The zero-order valence-electron chi connectivity index (χ0n) is 23.5. The van der Waals surface area contributed by atoms with Crippen LogP contribution in [-0.4, -0.2) is 70.3 Å². The molecule has 0 bridgehead atoms. The van der Waals surface area contributed by atoms with E-state index in [1.165, 1.54) is 12.1 Å². The van der Waals surface area contributed by atoms with Crippen molar-refractivity contribution in [2.75, 3.05) is 32.7 Å². The van der Waals surface area contributed by atoms with Crippen LogP contribution in [0.1, 0.15) is 69.8 Å². The van der Waals surface area contributed by atoms with Crippen LogP contribution in [-0.2, 0) is 15.8 Å². The quantitative estimate of drug-likeness (QED) is 0.401. The van der Waals surface area contributed by atoms with Crippen molar-refractivity contribution in [1.82, 2.24) is 19.7 Å². The van der Waals surface area contributed by atoms with Gasteiger partial charge in [0.15, 0.2) is 0 Å². The highest BCUT2D eigenvalue weighted by molar-refractivity contribution is 9.10. The van der Waals surface area contributed by atoms with Crippen LogP contribution in [0.2, 0.25) is 0 Å². The van der Waals surface area contributed by atoms with Gasteiger partial charge in [0.05, 0.1) is 17.3 Å². The number of hydrogen-bond acceptors (Lipinski definition) is 4. The molecule has 0 aliphatic carbocycles. The number of benzene rings is 1. The molecule has 3 heterocycles. The third kappa shape index (κ3) is 7.24. The molecule has 2 aliphatic rings. The van der Waals surface area contributed by atoms with Gasteiger partial charge in [-0.3, -0.25) is 19.5 Å². The summed E-state index contributed by atoms with van der Waals surface area (Å²) in [6.07, 6.45) is -0.580. The van der Waals surface area contributed by atoms with Crippen LogP contribution in [0, 0.1) is 11.3 Å². The highest BCUT2D eigenvalue weighted by Crippen LogP contribution is 2.37. The minimum Gasteiger partial charge on any atom is -0.343 e. The van der Waals surface area contributed by atoms with Crippen molar-refractivity contribution >= 4 is 27.7 Å². The minimum atomic E-state index is -4.41. The van der Waals surface area contributed by atoms with Gasteiger partial charge in [-0.2, -0.15) is 13.2 Å². The van der Waals surface area contributed by atoms with Gasteiger partial charge in [-0.25, -0.2) is 0 Å². The van der Waals surface area contributed by atoms with E-state index in [0.717, 1.165) is 40.7 Å². The molecule has 1 aromatic carbocycles. The second-order valence-corrected chi connectivity index (χ2v) is 13.0. The number of carbonyl (C=O) groups is 2. The molecule has 4 rings (SSSR count). The second-order valence-electron chi connectivity index (χ2n) is 12.0. The van der Waals surface area contributed by atoms with Gasteiger partial charge in [0, 0.05) is 62.8 Å². The summed E-state index contributed by atoms with van der Waals surface area (Å²) in [5.41, 5.74) is 0.570. The Kier molecular flexibility index (Phi) is 9.29. The maximum Gasteiger partial charge on any atom is 0.416 e. The average molecular weight is 624 g/mol. The molecule has 2 aliphatic heterocycles. The summed E-state index contributed by atoms with van der Waals surface area (Å²) in [6.45, 7) is 11.0. The average Bonchev–Trinajstić information content (AvgIpc) is 2.89. The lowest BCUT2D eigenvalue weighted by Crippen LogP contribution is -2.60. The Labute approximate surface area is 243 Å². The van der Waals surface area contributed by atoms with Gasteiger partial charge in [0.2, 0.25) is 11.8 Å². The summed E-state index contributed by atoms with van der Waals surface area (Å²) in [7, 11) is 0. The molecule has 40 heavy (non-hydrogen) atoms. The fourth-order valence-corrected chi connectivity index (χ4v) is 6.10. The zero-order valence-corrected chi connectivity index (χ0v) is 25.1. The Balaban J connectivity index is 1.56. The Morgan fingerprint density at radius 2 is 1.65 bits per heavy atom. The summed E-state index contributed by atoms with van der Waals surface area (Å²) < 4.78 is 40.7. The van der Waals surface area contributed by atoms with Crippen molar-refractivity contribution in [3.63, 3.8) is 0 Å². The van der Waals surface area contributed by atoms with Gasteiger partial charge in [0.1, 0.15) is 0 Å². The third-order valence-electron chi connectivity index (χ3n) is 8.20. The summed E-state index contributed by atoms with van der Waals surface area (Å²) in [4.78, 5) is 36.0. The standard InChI is InChI=1S/C30H38BrF3N4O2/c1-20(39)36-13-11-21(12-14-36)17-27(40)38-16-15-37(19-26(38)29(2,3)4)28(25-10-9-24(31)18-35-25)22-5-7-23(8-6-22)30(32,33)34/h5-10,18,21,26,28H,11-17,19H2,1-4H3/t26-,28?/m1/s1. The van der Waals surface area contributed by atoms with Crippen molar-refractivity contribution in [3.8, 4) is 0 Å². The molecule has 0 radical (unpaired) electrons. The van der Waals surface area contributed by atoms with E-state index in [1.807, 2.05) is 21.9 Å². The number of nitrogens with zero attached hydrogens (tertiary/aromatic N) is 4. The molecule has 0 saturated carbocycles. The van der Waals surface area contributed by atoms with Crippen molar-refractivity contribution in [3.05, 3.63) is 63.9 Å². The van der Waals surface area contributed by atoms with Crippen molar-refractivity contribution in [1.29, 1.82) is 0 Å². The van der Waals surface area contributed by atoms with Gasteiger partial charge in [-0.05, 0) is 69.9 Å². The van der Waals surface area contributed by atoms with E-state index in [1.54, 1.807) is 13.1 Å². The maximum absolute atomic E-state index is 13.6. The number of likely N-dealkylation sites (tertiary alicyclic amines) is 1. The van der Waals surface area contributed by atoms with E-state index in [4.69, 9.17) is 0 Å². The zero-order chi connectivity index (χ0) is 29.2. The van der Waals surface area contributed by atoms with Crippen LogP contribution in [0.5, 0.6) is 0 Å². The van der Waals surface area contributed by atoms with E-state index in [-0.39, 0.29) is 35.2 Å². The molecule has 0 N–H and O–H groups in total. The molecule has 6 nitrogen and oxygen atoms in total. The Bertz CT molecular complexity index is 1170. The molecule has 10 heteroatoms. The van der Waals surface area contributed by atoms with E-state index < -0.39 is 11.7 Å². The fraction of sp³-hybridized carbons (Fsp3) is 0.567. The monoisotopic (exact) mass is 622 g/mol. The lowest BCUT2D eigenvalue weighted by Gasteiger charge is -2.49. The molecular formula is C30H38BrF3N4O2. The minimum absolute atomic E-state index is 0.0801. The molecule has 2 atom stereocenters. The van der Waals surface area contributed by atoms with Gasteiger partial charge in [-0.15, -0.1) is 0 Å². The van der Waals surface area contributed by atoms with Gasteiger partial charge in [-0.1, -0.05) is 32.9 Å². The Morgan fingerprint density at radius 3 is 2.17 bits per heavy atom. The van der Waals surface area contributed by atoms with Gasteiger partial charge in [0.25, 0.3) is 0 Å².